The number of hydrogen-bond acceptors (Lipinski definition) is 5. The smallest absolute Gasteiger partial charge is 0.493 e. The molecule has 150 valence electrons. The van der Waals surface area contributed by atoms with Crippen LogP contribution in [0.5, 0.6) is 17.2 Å². The second-order valence-corrected chi connectivity index (χ2v) is 7.03. The van der Waals surface area contributed by atoms with Gasteiger partial charge in [0.15, 0.2) is 0 Å². The highest BCUT2D eigenvalue weighted by atomic mass is 35.5. The molecule has 3 rings (SSSR count). The maximum absolute atomic E-state index is 11.6. The number of methoxy groups -OCH3 is 1. The van der Waals surface area contributed by atoms with E-state index in [1.165, 1.54) is 12.7 Å². The van der Waals surface area contributed by atoms with Crippen LogP contribution < -0.4 is 14.2 Å². The van der Waals surface area contributed by atoms with Gasteiger partial charge in [-0.15, -0.1) is 0 Å². The highest BCUT2D eigenvalue weighted by molar-refractivity contribution is 6.31. The zero-order valence-electron chi connectivity index (χ0n) is 16.4. The molecular weight excluding hydrogens is 380 g/mol. The predicted molar refractivity (Wildman–Crippen MR) is 108 cm³/mol. The fourth-order valence-electron chi connectivity index (χ4n) is 3.08. The van der Waals surface area contributed by atoms with Crippen molar-refractivity contribution in [1.82, 2.24) is 0 Å². The molecule has 0 aliphatic heterocycles. The summed E-state index contributed by atoms with van der Waals surface area (Å²) in [7, 11) is 1.27. The summed E-state index contributed by atoms with van der Waals surface area (Å²) in [5.41, 5.74) is 2.96. The first-order chi connectivity index (χ1) is 13.6. The monoisotopic (exact) mass is 404 g/mol. The third-order valence-electron chi connectivity index (χ3n) is 4.70. The van der Waals surface area contributed by atoms with Gasteiger partial charge in [0, 0.05) is 5.02 Å². The highest BCUT2D eigenvalue weighted by Crippen LogP contribution is 2.46. The third-order valence-corrected chi connectivity index (χ3v) is 5.05. The van der Waals surface area contributed by atoms with Crippen molar-refractivity contribution in [3.05, 3.63) is 52.0 Å². The predicted octanol–water partition coefficient (Wildman–Crippen LogP) is 5.90. The molecule has 2 aromatic rings. The van der Waals surface area contributed by atoms with Crippen LogP contribution in [-0.2, 0) is 17.8 Å². The Morgan fingerprint density at radius 3 is 2.50 bits per heavy atom. The van der Waals surface area contributed by atoms with Crippen molar-refractivity contribution in [3.8, 4) is 17.2 Å². The Morgan fingerprint density at radius 1 is 1.11 bits per heavy atom. The normalized spacial score (nSPS) is 13.1. The fraction of sp³-hybridized carbons (Fsp3) is 0.409. The third kappa shape index (κ3) is 4.71. The van der Waals surface area contributed by atoms with Crippen LogP contribution in [-0.4, -0.2) is 19.9 Å². The minimum absolute atomic E-state index is 0.185. The zero-order valence-corrected chi connectivity index (χ0v) is 17.2. The summed E-state index contributed by atoms with van der Waals surface area (Å²) in [6.45, 7) is 4.66. The number of ether oxygens (including phenoxy) is 4. The van der Waals surface area contributed by atoms with Gasteiger partial charge in [-0.05, 0) is 61.4 Å². The van der Waals surface area contributed by atoms with Gasteiger partial charge in [-0.2, -0.15) is 0 Å². The van der Waals surface area contributed by atoms with Gasteiger partial charge in [0.2, 0.25) is 0 Å². The quantitative estimate of drug-likeness (QED) is 0.404. The minimum Gasteiger partial charge on any atom is -0.493 e. The first-order valence-corrected chi connectivity index (χ1v) is 9.90. The molecule has 1 aliphatic rings. The Balaban J connectivity index is 1.89. The van der Waals surface area contributed by atoms with Crippen LogP contribution >= 0.6 is 11.6 Å². The van der Waals surface area contributed by atoms with E-state index in [0.29, 0.717) is 34.6 Å². The van der Waals surface area contributed by atoms with E-state index in [1.54, 1.807) is 12.1 Å². The van der Waals surface area contributed by atoms with Crippen molar-refractivity contribution in [1.29, 1.82) is 0 Å². The Labute approximate surface area is 170 Å². The molecule has 0 spiro atoms. The lowest BCUT2D eigenvalue weighted by molar-refractivity contribution is 0.120. The number of carbonyl (C=O) groups excluding carboxylic acids is 1. The van der Waals surface area contributed by atoms with Crippen molar-refractivity contribution in [2.24, 2.45) is 0 Å². The molecule has 28 heavy (non-hydrogen) atoms. The molecule has 1 saturated carbocycles. The van der Waals surface area contributed by atoms with Crippen molar-refractivity contribution in [2.75, 3.05) is 13.7 Å². The number of carbonyl (C=O) groups is 1. The molecule has 0 N–H and O–H groups in total. The van der Waals surface area contributed by atoms with Gasteiger partial charge in [-0.25, -0.2) is 4.79 Å². The van der Waals surface area contributed by atoms with E-state index in [1.807, 2.05) is 19.1 Å². The van der Waals surface area contributed by atoms with Crippen LogP contribution in [0.1, 0.15) is 49.3 Å². The van der Waals surface area contributed by atoms with Crippen LogP contribution in [0.25, 0.3) is 0 Å². The van der Waals surface area contributed by atoms with Crippen LogP contribution in [0.2, 0.25) is 5.02 Å². The molecule has 0 saturated heterocycles. The van der Waals surface area contributed by atoms with Crippen molar-refractivity contribution < 1.29 is 23.7 Å². The Hall–Kier alpha value is -2.40. The molecule has 0 unspecified atom stereocenters. The van der Waals surface area contributed by atoms with Crippen LogP contribution in [0.3, 0.4) is 0 Å². The molecule has 0 bridgehead atoms. The summed E-state index contributed by atoms with van der Waals surface area (Å²) < 4.78 is 21.7. The van der Waals surface area contributed by atoms with Gasteiger partial charge >= 0.3 is 6.16 Å². The molecule has 1 aliphatic carbocycles. The number of aryl methyl sites for hydroxylation is 1. The van der Waals surface area contributed by atoms with E-state index in [-0.39, 0.29) is 6.61 Å². The summed E-state index contributed by atoms with van der Waals surface area (Å²) in [5.74, 6) is 2.24. The molecule has 0 atom stereocenters. The second kappa shape index (κ2) is 9.20. The largest absolute Gasteiger partial charge is 0.513 e. The molecule has 0 heterocycles. The van der Waals surface area contributed by atoms with Gasteiger partial charge in [0.25, 0.3) is 0 Å². The first kappa shape index (κ1) is 20.3. The first-order valence-electron chi connectivity index (χ1n) is 9.52. The van der Waals surface area contributed by atoms with Gasteiger partial charge in [0.1, 0.15) is 23.9 Å². The average molecular weight is 405 g/mol. The molecule has 0 aromatic heterocycles. The molecular formula is C22H25ClO5. The van der Waals surface area contributed by atoms with Crippen molar-refractivity contribution in [2.45, 2.75) is 45.6 Å². The van der Waals surface area contributed by atoms with Gasteiger partial charge in [0.05, 0.1) is 19.3 Å². The lowest BCUT2D eigenvalue weighted by Crippen LogP contribution is -2.11. The Morgan fingerprint density at radius 2 is 1.86 bits per heavy atom. The number of benzene rings is 2. The van der Waals surface area contributed by atoms with Crippen LogP contribution in [0, 0.1) is 0 Å². The molecule has 0 amide bonds. The Bertz CT molecular complexity index is 845. The molecule has 0 radical (unpaired) electrons. The lowest BCUT2D eigenvalue weighted by atomic mass is 10.0. The zero-order chi connectivity index (χ0) is 20.1. The van der Waals surface area contributed by atoms with Crippen LogP contribution in [0.4, 0.5) is 4.79 Å². The SMILES string of the molecule is CCOc1cccc(OC(=O)OC)c1COc1cc(Cl)c(CC)cc1C1CC1. The molecule has 5 nitrogen and oxygen atoms in total. The molecule has 1 fully saturated rings. The van der Waals surface area contributed by atoms with Crippen LogP contribution in [0.15, 0.2) is 30.3 Å². The number of rotatable bonds is 8. The second-order valence-electron chi connectivity index (χ2n) is 6.62. The van der Waals surface area contributed by atoms with Crippen molar-refractivity contribution >= 4 is 17.8 Å². The Kier molecular flexibility index (Phi) is 6.68. The fourth-order valence-corrected chi connectivity index (χ4v) is 3.37. The highest BCUT2D eigenvalue weighted by Gasteiger charge is 2.28. The summed E-state index contributed by atoms with van der Waals surface area (Å²) in [4.78, 5) is 11.6. The summed E-state index contributed by atoms with van der Waals surface area (Å²) in [5, 5.41) is 0.700. The van der Waals surface area contributed by atoms with Gasteiger partial charge < -0.3 is 18.9 Å². The molecule has 2 aromatic carbocycles. The summed E-state index contributed by atoms with van der Waals surface area (Å²) >= 11 is 6.42. The average Bonchev–Trinajstić information content (AvgIpc) is 3.53. The number of hydrogen-bond donors (Lipinski definition) is 0. The van der Waals surface area contributed by atoms with Gasteiger partial charge in [-0.3, -0.25) is 0 Å². The maximum Gasteiger partial charge on any atom is 0.513 e. The standard InChI is InChI=1S/C22H25ClO5/c1-4-14-11-16(15-9-10-15)21(12-18(14)23)27-13-17-19(26-5-2)7-6-8-20(17)28-22(24)25-3/h6-8,11-12,15H,4-5,9-10,13H2,1-3H3. The lowest BCUT2D eigenvalue weighted by Gasteiger charge is -2.17. The van der Waals surface area contributed by atoms with E-state index in [4.69, 9.17) is 25.8 Å². The van der Waals surface area contributed by atoms with E-state index in [0.717, 1.165) is 30.6 Å². The van der Waals surface area contributed by atoms with Gasteiger partial charge in [-0.1, -0.05) is 30.7 Å². The maximum atomic E-state index is 11.6. The van der Waals surface area contributed by atoms with E-state index < -0.39 is 6.16 Å². The van der Waals surface area contributed by atoms with Crippen molar-refractivity contribution in [3.63, 3.8) is 0 Å². The minimum atomic E-state index is -0.788. The van der Waals surface area contributed by atoms with E-state index >= 15 is 0 Å². The summed E-state index contributed by atoms with van der Waals surface area (Å²) in [6.07, 6.45) is 2.41. The number of halogens is 1. The summed E-state index contributed by atoms with van der Waals surface area (Å²) in [6, 6.07) is 9.30. The molecule has 6 heteroatoms. The van der Waals surface area contributed by atoms with E-state index in [9.17, 15) is 4.79 Å². The topological polar surface area (TPSA) is 54.0 Å². The van der Waals surface area contributed by atoms with E-state index in [2.05, 4.69) is 17.7 Å².